The third-order valence-electron chi connectivity index (χ3n) is 5.34. The van der Waals surface area contributed by atoms with E-state index in [0.717, 1.165) is 32.4 Å². The van der Waals surface area contributed by atoms with Crippen molar-refractivity contribution in [3.05, 3.63) is 63.8 Å². The second-order valence-electron chi connectivity index (χ2n) is 7.56. The molecule has 0 aliphatic carbocycles. The molecule has 1 atom stereocenters. The molecule has 0 bridgehead atoms. The van der Waals surface area contributed by atoms with E-state index in [1.54, 1.807) is 13.0 Å². The molecule has 1 aliphatic heterocycles. The van der Waals surface area contributed by atoms with E-state index in [4.69, 9.17) is 0 Å². The molecule has 0 amide bonds. The van der Waals surface area contributed by atoms with Crippen LogP contribution in [0, 0.1) is 12.8 Å². The molecule has 0 radical (unpaired) electrons. The molecule has 7 nitrogen and oxygen atoms in total. The molecule has 1 unspecified atom stereocenters. The molecule has 1 aliphatic rings. The Hall–Kier alpha value is -2.80. The van der Waals surface area contributed by atoms with E-state index in [1.165, 1.54) is 10.1 Å². The number of fused-ring (bicyclic) bond motifs is 1. The Morgan fingerprint density at radius 3 is 2.89 bits per heavy atom. The third kappa shape index (κ3) is 4.20. The number of aromatic amines is 1. The first-order valence-electron chi connectivity index (χ1n) is 9.83. The van der Waals surface area contributed by atoms with Crippen LogP contribution in [0.3, 0.4) is 0 Å². The zero-order valence-corrected chi connectivity index (χ0v) is 16.1. The molecule has 1 fully saturated rings. The maximum atomic E-state index is 12.7. The van der Waals surface area contributed by atoms with Gasteiger partial charge in [0.2, 0.25) is 0 Å². The molecular weight excluding hydrogens is 354 g/mol. The summed E-state index contributed by atoms with van der Waals surface area (Å²) in [4.78, 5) is 35.9. The molecule has 1 saturated heterocycles. The Bertz CT molecular complexity index is 1020. The first-order valence-corrected chi connectivity index (χ1v) is 9.83. The number of aryl methyl sites for hydroxylation is 2. The van der Waals surface area contributed by atoms with Crippen LogP contribution in [0.15, 0.2) is 41.2 Å². The highest BCUT2D eigenvalue weighted by atomic mass is 16.1. The number of benzene rings is 1. The third-order valence-corrected chi connectivity index (χ3v) is 5.34. The lowest BCUT2D eigenvalue weighted by Gasteiger charge is -2.31. The molecule has 0 spiro atoms. The molecule has 28 heavy (non-hydrogen) atoms. The number of aromatic nitrogens is 4. The van der Waals surface area contributed by atoms with Gasteiger partial charge in [0.15, 0.2) is 0 Å². The van der Waals surface area contributed by atoms with E-state index in [0.29, 0.717) is 36.0 Å². The molecule has 4 rings (SSSR count). The quantitative estimate of drug-likeness (QED) is 0.709. The van der Waals surface area contributed by atoms with Gasteiger partial charge in [0.1, 0.15) is 11.6 Å². The summed E-state index contributed by atoms with van der Waals surface area (Å²) in [5, 5.41) is 2.88. The van der Waals surface area contributed by atoms with Crippen molar-refractivity contribution < 1.29 is 4.79 Å². The lowest BCUT2D eigenvalue weighted by atomic mass is 9.90. The topological polar surface area (TPSA) is 83.4 Å². The van der Waals surface area contributed by atoms with Gasteiger partial charge in [-0.3, -0.25) is 19.6 Å². The maximum absolute atomic E-state index is 12.7. The maximum Gasteiger partial charge on any atom is 0.274 e. The fourth-order valence-electron chi connectivity index (χ4n) is 3.92. The molecule has 2 aromatic heterocycles. The van der Waals surface area contributed by atoms with Crippen LogP contribution in [-0.2, 0) is 17.8 Å². The average molecular weight is 379 g/mol. The second kappa shape index (κ2) is 8.06. The van der Waals surface area contributed by atoms with Crippen molar-refractivity contribution in [2.45, 2.75) is 39.2 Å². The number of carbonyl (C=O) groups excluding carboxylic acids is 1. The summed E-state index contributed by atoms with van der Waals surface area (Å²) >= 11 is 0. The fraction of sp³-hybridized carbons (Fsp3) is 0.429. The van der Waals surface area contributed by atoms with E-state index >= 15 is 0 Å². The summed E-state index contributed by atoms with van der Waals surface area (Å²) in [6.45, 7) is 4.02. The number of hydrogen-bond donors (Lipinski definition) is 1. The molecular formula is C21H25N5O2. The Labute approximate surface area is 163 Å². The molecule has 0 saturated carbocycles. The monoisotopic (exact) mass is 379 g/mol. The van der Waals surface area contributed by atoms with Crippen LogP contribution in [0.1, 0.15) is 36.3 Å². The summed E-state index contributed by atoms with van der Waals surface area (Å²) in [6, 6.07) is 11.7. The second-order valence-corrected chi connectivity index (χ2v) is 7.56. The predicted octanol–water partition coefficient (Wildman–Crippen LogP) is 2.14. The van der Waals surface area contributed by atoms with Crippen LogP contribution < -0.4 is 5.56 Å². The van der Waals surface area contributed by atoms with Gasteiger partial charge in [-0.2, -0.15) is 9.50 Å². The minimum atomic E-state index is -0.159. The highest BCUT2D eigenvalue weighted by Crippen LogP contribution is 2.21. The highest BCUT2D eigenvalue weighted by molar-refractivity contribution is 5.81. The van der Waals surface area contributed by atoms with E-state index < -0.39 is 0 Å². The summed E-state index contributed by atoms with van der Waals surface area (Å²) in [5.74, 6) is 1.45. The summed E-state index contributed by atoms with van der Waals surface area (Å²) < 4.78 is 1.35. The molecule has 146 valence electrons. The van der Waals surface area contributed by atoms with Crippen LogP contribution >= 0.6 is 0 Å². The molecule has 1 N–H and O–H groups in total. The summed E-state index contributed by atoms with van der Waals surface area (Å²) in [6.07, 6.45) is 3.31. The van der Waals surface area contributed by atoms with Gasteiger partial charge in [-0.15, -0.1) is 0 Å². The predicted molar refractivity (Wildman–Crippen MR) is 106 cm³/mol. The highest BCUT2D eigenvalue weighted by Gasteiger charge is 2.25. The van der Waals surface area contributed by atoms with Crippen molar-refractivity contribution >= 4 is 11.6 Å². The first-order chi connectivity index (χ1) is 13.6. The average Bonchev–Trinajstić information content (AvgIpc) is 3.08. The van der Waals surface area contributed by atoms with Crippen LogP contribution in [0.2, 0.25) is 0 Å². The van der Waals surface area contributed by atoms with Crippen molar-refractivity contribution in [3.8, 4) is 0 Å². The van der Waals surface area contributed by atoms with E-state index in [1.807, 2.05) is 18.2 Å². The Balaban J connectivity index is 1.38. The van der Waals surface area contributed by atoms with Crippen molar-refractivity contribution in [3.63, 3.8) is 0 Å². The van der Waals surface area contributed by atoms with Crippen molar-refractivity contribution in [2.75, 3.05) is 13.1 Å². The van der Waals surface area contributed by atoms with Gasteiger partial charge >= 0.3 is 0 Å². The molecule has 1 aromatic carbocycles. The van der Waals surface area contributed by atoms with Gasteiger partial charge in [0.25, 0.3) is 11.3 Å². The summed E-state index contributed by atoms with van der Waals surface area (Å²) in [5.41, 5.74) is 1.75. The zero-order chi connectivity index (χ0) is 19.5. The van der Waals surface area contributed by atoms with Crippen molar-refractivity contribution in [1.29, 1.82) is 0 Å². The van der Waals surface area contributed by atoms with E-state index in [2.05, 4.69) is 32.1 Å². The Kier molecular flexibility index (Phi) is 5.34. The number of piperidine rings is 1. The normalized spacial score (nSPS) is 17.8. The van der Waals surface area contributed by atoms with Gasteiger partial charge in [-0.25, -0.2) is 4.98 Å². The van der Waals surface area contributed by atoms with E-state index in [-0.39, 0.29) is 11.5 Å². The number of Topliss-reactive ketones (excluding diaryl/α,β-unsaturated/α-hetero) is 1. The van der Waals surface area contributed by atoms with Crippen LogP contribution in [-0.4, -0.2) is 43.4 Å². The van der Waals surface area contributed by atoms with Gasteiger partial charge < -0.3 is 0 Å². The van der Waals surface area contributed by atoms with Gasteiger partial charge in [0.05, 0.1) is 5.69 Å². The number of rotatable bonds is 6. The zero-order valence-electron chi connectivity index (χ0n) is 16.1. The van der Waals surface area contributed by atoms with E-state index in [9.17, 15) is 9.59 Å². The number of H-pyrrole nitrogens is 1. The Morgan fingerprint density at radius 2 is 2.07 bits per heavy atom. The lowest BCUT2D eigenvalue weighted by Crippen LogP contribution is -2.38. The largest absolute Gasteiger partial charge is 0.299 e. The van der Waals surface area contributed by atoms with Crippen molar-refractivity contribution in [1.82, 2.24) is 24.5 Å². The molecule has 7 heteroatoms. The minimum absolute atomic E-state index is 0.0647. The number of likely N-dealkylation sites (tertiary alicyclic amines) is 1. The van der Waals surface area contributed by atoms with Crippen LogP contribution in [0.4, 0.5) is 0 Å². The summed E-state index contributed by atoms with van der Waals surface area (Å²) in [7, 11) is 0. The number of carbonyl (C=O) groups is 1. The number of nitrogens with one attached hydrogen (secondary N) is 1. The van der Waals surface area contributed by atoms with Gasteiger partial charge in [0, 0.05) is 31.5 Å². The number of nitrogens with zero attached hydrogens (tertiary/aromatic N) is 4. The van der Waals surface area contributed by atoms with Gasteiger partial charge in [-0.1, -0.05) is 30.3 Å². The minimum Gasteiger partial charge on any atom is -0.299 e. The number of ketones is 1. The number of hydrogen-bond acceptors (Lipinski definition) is 5. The SMILES string of the molecule is Cc1nc2nc(CN3CCCC(C(=O)CCc4ccccc4)C3)cc(=O)n2[nH]1. The van der Waals surface area contributed by atoms with Crippen LogP contribution in [0.25, 0.3) is 5.78 Å². The fourth-order valence-corrected chi connectivity index (χ4v) is 3.92. The Morgan fingerprint density at radius 1 is 1.25 bits per heavy atom. The van der Waals surface area contributed by atoms with Crippen molar-refractivity contribution in [2.24, 2.45) is 5.92 Å². The molecule has 3 aromatic rings. The van der Waals surface area contributed by atoms with Gasteiger partial charge in [-0.05, 0) is 38.3 Å². The first kappa shape index (κ1) is 18.6. The van der Waals surface area contributed by atoms with Crippen LogP contribution in [0.5, 0.6) is 0 Å². The molecule has 3 heterocycles. The smallest absolute Gasteiger partial charge is 0.274 e. The standard InChI is InChI=1S/C21H25N5O2/c1-15-22-21-23-18(12-20(28)26(21)24-15)14-25-11-5-8-17(13-25)19(27)10-9-16-6-3-2-4-7-16/h2-4,6-7,12,17H,5,8-11,13-14H2,1H3,(H,22,23,24). The lowest BCUT2D eigenvalue weighted by molar-refractivity contribution is -0.124.